The fourth-order valence-electron chi connectivity index (χ4n) is 4.13. The van der Waals surface area contributed by atoms with E-state index >= 15 is 0 Å². The van der Waals surface area contributed by atoms with Crippen LogP contribution in [0, 0.1) is 31.0 Å². The number of terminal acetylenes is 1. The third-order valence-corrected chi connectivity index (χ3v) is 6.37. The Morgan fingerprint density at radius 2 is 2.10 bits per heavy atom. The summed E-state index contributed by atoms with van der Waals surface area (Å²) in [5.41, 5.74) is 4.29. The number of fused-ring (bicyclic) bond motifs is 3. The highest BCUT2D eigenvalue weighted by atomic mass is 31.0. The average Bonchev–Trinajstić information content (AvgIpc) is 3.05. The zero-order valence-electron chi connectivity index (χ0n) is 17.1. The number of hydrogen-bond donors (Lipinski definition) is 2. The zero-order chi connectivity index (χ0) is 21.5. The van der Waals surface area contributed by atoms with Crippen LogP contribution in [-0.4, -0.2) is 34.1 Å². The van der Waals surface area contributed by atoms with Gasteiger partial charge in [0.05, 0.1) is 28.8 Å². The maximum Gasteiger partial charge on any atom is 0.142 e. The molecular formula is C23H22FN6P. The van der Waals surface area contributed by atoms with Crippen LogP contribution < -0.4 is 15.5 Å². The lowest BCUT2D eigenvalue weighted by atomic mass is 9.98. The van der Waals surface area contributed by atoms with Gasteiger partial charge in [0.1, 0.15) is 23.2 Å². The normalized spacial score (nSPS) is 15.9. The van der Waals surface area contributed by atoms with Crippen LogP contribution in [0.15, 0.2) is 35.5 Å². The Labute approximate surface area is 182 Å². The highest BCUT2D eigenvalue weighted by Gasteiger charge is 2.25. The molecule has 1 saturated heterocycles. The number of nitrogens with zero attached hydrogens (tertiary/aromatic N) is 4. The summed E-state index contributed by atoms with van der Waals surface area (Å²) in [6, 6.07) is 6.99. The third kappa shape index (κ3) is 3.47. The van der Waals surface area contributed by atoms with Crippen LogP contribution in [0.25, 0.3) is 11.3 Å². The van der Waals surface area contributed by atoms with E-state index in [1.165, 1.54) is 6.07 Å². The number of aliphatic imine (C=N–C) groups is 1. The number of anilines is 2. The standard InChI is InChI=1S/C23H22FN6P/c1-3-14-7-9-30(10-8-14)19-11-15-17(12-25-19)26-23(20-16(24)5-4-6-18(20)31)27-21-13(2)28-29-22(15)21/h1,4-6,11-12,14H,7-10,31H2,2H3,(H,26,27)(H,28,29). The summed E-state index contributed by atoms with van der Waals surface area (Å²) in [7, 11) is 2.57. The van der Waals surface area contributed by atoms with E-state index in [0.29, 0.717) is 23.0 Å². The molecular weight excluding hydrogens is 410 g/mol. The van der Waals surface area contributed by atoms with Gasteiger partial charge < -0.3 is 10.2 Å². The highest BCUT2D eigenvalue weighted by Crippen LogP contribution is 2.40. The summed E-state index contributed by atoms with van der Waals surface area (Å²) < 4.78 is 14.7. The van der Waals surface area contributed by atoms with Crippen molar-refractivity contribution in [2.45, 2.75) is 19.8 Å². The first-order valence-corrected chi connectivity index (χ1v) is 10.8. The van der Waals surface area contributed by atoms with Gasteiger partial charge in [-0.05, 0) is 37.2 Å². The number of benzene rings is 1. The first kappa shape index (κ1) is 19.7. The molecule has 1 aromatic carbocycles. The lowest BCUT2D eigenvalue weighted by molar-refractivity contribution is 0.489. The molecule has 2 aromatic heterocycles. The van der Waals surface area contributed by atoms with E-state index in [2.05, 4.69) is 40.6 Å². The van der Waals surface area contributed by atoms with Crippen molar-refractivity contribution in [3.05, 3.63) is 47.5 Å². The highest BCUT2D eigenvalue weighted by molar-refractivity contribution is 7.27. The SMILES string of the molecule is C#CC1CCN(c2cc3c(cn2)NC(c2c(F)cccc2P)=Nc2c(C)n[nH]c2-3)CC1. The largest absolute Gasteiger partial charge is 0.357 e. The fourth-order valence-corrected chi connectivity index (χ4v) is 4.51. The summed E-state index contributed by atoms with van der Waals surface area (Å²) in [6.45, 7) is 3.63. The minimum atomic E-state index is -0.342. The van der Waals surface area contributed by atoms with E-state index in [9.17, 15) is 4.39 Å². The van der Waals surface area contributed by atoms with Crippen LogP contribution >= 0.6 is 9.24 Å². The van der Waals surface area contributed by atoms with Crippen LogP contribution in [0.2, 0.25) is 0 Å². The molecule has 1 unspecified atom stereocenters. The second kappa shape index (κ2) is 7.79. The Kier molecular flexibility index (Phi) is 4.95. The first-order chi connectivity index (χ1) is 15.0. The number of H-pyrrole nitrogens is 1. The van der Waals surface area contributed by atoms with Gasteiger partial charge in [-0.25, -0.2) is 14.4 Å². The van der Waals surface area contributed by atoms with Crippen molar-refractivity contribution >= 4 is 37.6 Å². The van der Waals surface area contributed by atoms with Crippen molar-refractivity contribution in [3.8, 4) is 23.6 Å². The number of hydrogen-bond acceptors (Lipinski definition) is 5. The molecule has 8 heteroatoms. The summed E-state index contributed by atoms with van der Waals surface area (Å²) in [5.74, 6) is 4.16. The Hall–Kier alpha value is -3.23. The lowest BCUT2D eigenvalue weighted by Gasteiger charge is -2.31. The molecule has 4 heterocycles. The number of rotatable bonds is 2. The van der Waals surface area contributed by atoms with Crippen LogP contribution in [0.3, 0.4) is 0 Å². The van der Waals surface area contributed by atoms with E-state index < -0.39 is 0 Å². The van der Waals surface area contributed by atoms with Gasteiger partial charge in [0.25, 0.3) is 0 Å². The summed E-state index contributed by atoms with van der Waals surface area (Å²) in [4.78, 5) is 11.7. The molecule has 0 bridgehead atoms. The maximum absolute atomic E-state index is 14.7. The van der Waals surface area contributed by atoms with Gasteiger partial charge in [-0.2, -0.15) is 5.10 Å². The van der Waals surface area contributed by atoms with E-state index in [-0.39, 0.29) is 5.82 Å². The lowest BCUT2D eigenvalue weighted by Crippen LogP contribution is -2.33. The Morgan fingerprint density at radius 1 is 1.29 bits per heavy atom. The van der Waals surface area contributed by atoms with E-state index in [1.807, 2.05) is 19.1 Å². The van der Waals surface area contributed by atoms with Crippen LogP contribution in [0.5, 0.6) is 0 Å². The van der Waals surface area contributed by atoms with Crippen LogP contribution in [0.1, 0.15) is 24.1 Å². The van der Waals surface area contributed by atoms with Gasteiger partial charge in [-0.3, -0.25) is 5.10 Å². The number of aromatic nitrogens is 3. The van der Waals surface area contributed by atoms with Crippen molar-refractivity contribution in [2.24, 2.45) is 10.9 Å². The van der Waals surface area contributed by atoms with Crippen molar-refractivity contribution < 1.29 is 4.39 Å². The topological polar surface area (TPSA) is 69.2 Å². The molecule has 1 atom stereocenters. The van der Waals surface area contributed by atoms with Gasteiger partial charge >= 0.3 is 0 Å². The van der Waals surface area contributed by atoms with Gasteiger partial charge in [-0.1, -0.05) is 12.1 Å². The molecule has 0 aliphatic carbocycles. The molecule has 2 N–H and O–H groups in total. The molecule has 6 nitrogen and oxygen atoms in total. The molecule has 2 aliphatic heterocycles. The predicted molar refractivity (Wildman–Crippen MR) is 126 cm³/mol. The Morgan fingerprint density at radius 3 is 2.84 bits per heavy atom. The summed E-state index contributed by atoms with van der Waals surface area (Å²) in [6.07, 6.45) is 9.28. The van der Waals surface area contributed by atoms with E-state index in [0.717, 1.165) is 59.7 Å². The minimum absolute atomic E-state index is 0.332. The molecule has 5 rings (SSSR count). The van der Waals surface area contributed by atoms with Crippen LogP contribution in [0.4, 0.5) is 21.6 Å². The molecule has 0 spiro atoms. The first-order valence-electron chi connectivity index (χ1n) is 10.2. The fraction of sp³-hybridized carbons (Fsp3) is 0.261. The zero-order valence-corrected chi connectivity index (χ0v) is 18.3. The second-order valence-corrected chi connectivity index (χ2v) is 8.46. The average molecular weight is 432 g/mol. The minimum Gasteiger partial charge on any atom is -0.357 e. The molecule has 2 aliphatic rings. The van der Waals surface area contributed by atoms with E-state index in [4.69, 9.17) is 11.4 Å². The molecule has 0 saturated carbocycles. The number of halogens is 1. The second-order valence-electron chi connectivity index (χ2n) is 7.84. The quantitative estimate of drug-likeness (QED) is 0.478. The Balaban J connectivity index is 1.59. The van der Waals surface area contributed by atoms with E-state index in [1.54, 1.807) is 12.3 Å². The van der Waals surface area contributed by atoms with Crippen molar-refractivity contribution in [1.82, 2.24) is 15.2 Å². The third-order valence-electron chi connectivity index (χ3n) is 5.89. The molecule has 31 heavy (non-hydrogen) atoms. The van der Waals surface area contributed by atoms with Gasteiger partial charge in [0.2, 0.25) is 0 Å². The summed E-state index contributed by atoms with van der Waals surface area (Å²) in [5, 5.41) is 11.5. The molecule has 1 fully saturated rings. The number of amidine groups is 1. The van der Waals surface area contributed by atoms with Crippen LogP contribution in [-0.2, 0) is 0 Å². The smallest absolute Gasteiger partial charge is 0.142 e. The van der Waals surface area contributed by atoms with Gasteiger partial charge in [0.15, 0.2) is 0 Å². The number of pyridine rings is 1. The number of nitrogens with one attached hydrogen (secondary N) is 2. The number of aromatic amines is 1. The maximum atomic E-state index is 14.7. The number of piperidine rings is 1. The Bertz CT molecular complexity index is 1210. The predicted octanol–water partition coefficient (Wildman–Crippen LogP) is 3.77. The van der Waals surface area contributed by atoms with Gasteiger partial charge in [0, 0.05) is 24.6 Å². The van der Waals surface area contributed by atoms with Crippen molar-refractivity contribution in [2.75, 3.05) is 23.3 Å². The van der Waals surface area contributed by atoms with Crippen molar-refractivity contribution in [3.63, 3.8) is 0 Å². The van der Waals surface area contributed by atoms with Gasteiger partial charge in [-0.15, -0.1) is 21.6 Å². The molecule has 0 amide bonds. The number of aryl methyl sites for hydroxylation is 1. The monoisotopic (exact) mass is 432 g/mol. The molecule has 156 valence electrons. The molecule has 0 radical (unpaired) electrons. The van der Waals surface area contributed by atoms with Crippen molar-refractivity contribution in [1.29, 1.82) is 0 Å². The summed E-state index contributed by atoms with van der Waals surface area (Å²) >= 11 is 0. The molecule has 3 aromatic rings.